The minimum atomic E-state index is -0.530. The molecule has 2 aromatic rings. The Balaban J connectivity index is 1.73. The summed E-state index contributed by atoms with van der Waals surface area (Å²) in [6, 6.07) is 15.7. The first-order chi connectivity index (χ1) is 16.7. The third kappa shape index (κ3) is 7.84. The second-order valence-corrected chi connectivity index (χ2v) is 10.8. The molecule has 1 fully saturated rings. The number of ether oxygens (including phenoxy) is 1. The SMILES string of the molecule is CCC(C(=O)NC1CCCCC1)N(Cc1ccc(C)cc1)C(=O)COc1ccc(C(C)(C)C)cc1. The van der Waals surface area contributed by atoms with Crippen LogP contribution < -0.4 is 10.1 Å². The summed E-state index contributed by atoms with van der Waals surface area (Å²) in [4.78, 5) is 28.4. The van der Waals surface area contributed by atoms with E-state index >= 15 is 0 Å². The van der Waals surface area contributed by atoms with Crippen molar-refractivity contribution in [2.24, 2.45) is 0 Å². The molecule has 1 unspecified atom stereocenters. The molecule has 0 bridgehead atoms. The summed E-state index contributed by atoms with van der Waals surface area (Å²) in [6.07, 6.45) is 6.11. The molecule has 0 saturated heterocycles. The van der Waals surface area contributed by atoms with Gasteiger partial charge in [-0.1, -0.05) is 88.9 Å². The van der Waals surface area contributed by atoms with E-state index in [1.54, 1.807) is 4.90 Å². The number of carbonyl (C=O) groups is 2. The van der Waals surface area contributed by atoms with Crippen LogP contribution in [0.3, 0.4) is 0 Å². The summed E-state index contributed by atoms with van der Waals surface area (Å²) in [5, 5.41) is 3.22. The van der Waals surface area contributed by atoms with Gasteiger partial charge >= 0.3 is 0 Å². The zero-order chi connectivity index (χ0) is 25.4. The number of rotatable bonds is 9. The summed E-state index contributed by atoms with van der Waals surface area (Å²) < 4.78 is 5.87. The lowest BCUT2D eigenvalue weighted by Gasteiger charge is -2.32. The van der Waals surface area contributed by atoms with Gasteiger partial charge in [-0.25, -0.2) is 0 Å². The topological polar surface area (TPSA) is 58.6 Å². The fraction of sp³-hybridized carbons (Fsp3) is 0.533. The molecule has 0 heterocycles. The van der Waals surface area contributed by atoms with Gasteiger partial charge in [-0.15, -0.1) is 0 Å². The summed E-state index contributed by atoms with van der Waals surface area (Å²) in [5.41, 5.74) is 3.43. The zero-order valence-electron chi connectivity index (χ0n) is 22.1. The smallest absolute Gasteiger partial charge is 0.261 e. The highest BCUT2D eigenvalue weighted by Gasteiger charge is 2.30. The Labute approximate surface area is 211 Å². The van der Waals surface area contributed by atoms with Gasteiger partial charge in [-0.3, -0.25) is 9.59 Å². The quantitative estimate of drug-likeness (QED) is 0.486. The summed E-state index contributed by atoms with van der Waals surface area (Å²) in [7, 11) is 0. The highest BCUT2D eigenvalue weighted by atomic mass is 16.5. The Morgan fingerprint density at radius 2 is 1.63 bits per heavy atom. The Kier molecular flexibility index (Phi) is 9.36. The lowest BCUT2D eigenvalue weighted by Crippen LogP contribution is -2.52. The van der Waals surface area contributed by atoms with Gasteiger partial charge in [0, 0.05) is 12.6 Å². The molecule has 0 aliphatic heterocycles. The van der Waals surface area contributed by atoms with Gasteiger partial charge in [0.25, 0.3) is 5.91 Å². The Morgan fingerprint density at radius 3 is 2.20 bits per heavy atom. The first kappa shape index (κ1) is 26.8. The maximum absolute atomic E-state index is 13.4. The highest BCUT2D eigenvalue weighted by molar-refractivity contribution is 5.88. The summed E-state index contributed by atoms with van der Waals surface area (Å²) >= 11 is 0. The van der Waals surface area contributed by atoms with Gasteiger partial charge in [0.2, 0.25) is 5.91 Å². The van der Waals surface area contributed by atoms with Crippen molar-refractivity contribution < 1.29 is 14.3 Å². The Morgan fingerprint density at radius 1 is 1.00 bits per heavy atom. The predicted octanol–water partition coefficient (Wildman–Crippen LogP) is 5.93. The van der Waals surface area contributed by atoms with E-state index in [1.807, 2.05) is 62.4 Å². The molecule has 0 spiro atoms. The average Bonchev–Trinajstić information content (AvgIpc) is 2.84. The number of hydrogen-bond acceptors (Lipinski definition) is 3. The van der Waals surface area contributed by atoms with Gasteiger partial charge in [-0.05, 0) is 54.9 Å². The third-order valence-electron chi connectivity index (χ3n) is 6.89. The number of nitrogens with zero attached hydrogens (tertiary/aromatic N) is 1. The van der Waals surface area contributed by atoms with Gasteiger partial charge < -0.3 is 15.0 Å². The van der Waals surface area contributed by atoms with Gasteiger partial charge in [0.05, 0.1) is 0 Å². The molecular weight excluding hydrogens is 436 g/mol. The molecule has 0 aromatic heterocycles. The minimum absolute atomic E-state index is 0.0548. The van der Waals surface area contributed by atoms with Crippen molar-refractivity contribution in [3.05, 3.63) is 65.2 Å². The van der Waals surface area contributed by atoms with Crippen molar-refractivity contribution in [3.63, 3.8) is 0 Å². The molecule has 35 heavy (non-hydrogen) atoms. The molecular formula is C30H42N2O3. The van der Waals surface area contributed by atoms with Crippen LogP contribution in [0.5, 0.6) is 5.75 Å². The molecule has 2 amide bonds. The molecule has 1 atom stereocenters. The molecule has 190 valence electrons. The number of aryl methyl sites for hydroxylation is 1. The molecule has 2 aromatic carbocycles. The second kappa shape index (κ2) is 12.2. The van der Waals surface area contributed by atoms with E-state index in [0.29, 0.717) is 18.7 Å². The molecule has 3 rings (SSSR count). The van der Waals surface area contributed by atoms with Crippen LogP contribution in [-0.4, -0.2) is 35.4 Å². The molecule has 1 N–H and O–H groups in total. The average molecular weight is 479 g/mol. The normalized spacial score (nSPS) is 15.3. The molecule has 5 heteroatoms. The minimum Gasteiger partial charge on any atom is -0.484 e. The van der Waals surface area contributed by atoms with Crippen LogP contribution in [0, 0.1) is 6.92 Å². The molecule has 0 radical (unpaired) electrons. The molecule has 1 saturated carbocycles. The molecule has 1 aliphatic rings. The first-order valence-electron chi connectivity index (χ1n) is 13.1. The van der Waals surface area contributed by atoms with E-state index in [2.05, 4.69) is 26.1 Å². The van der Waals surface area contributed by atoms with Crippen molar-refractivity contribution in [2.45, 2.75) is 97.2 Å². The van der Waals surface area contributed by atoms with Crippen LogP contribution in [0.1, 0.15) is 82.9 Å². The second-order valence-electron chi connectivity index (χ2n) is 10.8. The third-order valence-corrected chi connectivity index (χ3v) is 6.89. The van der Waals surface area contributed by atoms with E-state index in [0.717, 1.165) is 36.8 Å². The lowest BCUT2D eigenvalue weighted by molar-refractivity contribution is -0.143. The lowest BCUT2D eigenvalue weighted by atomic mass is 9.87. The van der Waals surface area contributed by atoms with Crippen molar-refractivity contribution in [2.75, 3.05) is 6.61 Å². The van der Waals surface area contributed by atoms with E-state index in [9.17, 15) is 9.59 Å². The van der Waals surface area contributed by atoms with Crippen LogP contribution in [0.15, 0.2) is 48.5 Å². The monoisotopic (exact) mass is 478 g/mol. The maximum Gasteiger partial charge on any atom is 0.261 e. The van der Waals surface area contributed by atoms with Gasteiger partial charge in [0.1, 0.15) is 11.8 Å². The van der Waals surface area contributed by atoms with Crippen molar-refractivity contribution in [3.8, 4) is 5.75 Å². The van der Waals surface area contributed by atoms with E-state index < -0.39 is 6.04 Å². The number of amides is 2. The zero-order valence-corrected chi connectivity index (χ0v) is 22.1. The summed E-state index contributed by atoms with van der Waals surface area (Å²) in [5.74, 6) is 0.409. The highest BCUT2D eigenvalue weighted by Crippen LogP contribution is 2.24. The Hall–Kier alpha value is -2.82. The summed E-state index contributed by atoms with van der Waals surface area (Å²) in [6.45, 7) is 10.8. The van der Waals surface area contributed by atoms with Crippen molar-refractivity contribution in [1.29, 1.82) is 0 Å². The van der Waals surface area contributed by atoms with Crippen LogP contribution in [0.2, 0.25) is 0 Å². The van der Waals surface area contributed by atoms with E-state index in [1.165, 1.54) is 12.0 Å². The van der Waals surface area contributed by atoms with Crippen molar-refractivity contribution >= 4 is 11.8 Å². The van der Waals surface area contributed by atoms with E-state index in [4.69, 9.17) is 4.74 Å². The number of carbonyl (C=O) groups excluding carboxylic acids is 2. The largest absolute Gasteiger partial charge is 0.484 e. The number of hydrogen-bond donors (Lipinski definition) is 1. The number of benzene rings is 2. The van der Waals surface area contributed by atoms with Gasteiger partial charge in [-0.2, -0.15) is 0 Å². The van der Waals surface area contributed by atoms with Crippen LogP contribution in [0.4, 0.5) is 0 Å². The van der Waals surface area contributed by atoms with Crippen LogP contribution in [-0.2, 0) is 21.5 Å². The predicted molar refractivity (Wildman–Crippen MR) is 141 cm³/mol. The van der Waals surface area contributed by atoms with Crippen LogP contribution >= 0.6 is 0 Å². The Bertz CT molecular complexity index is 955. The molecule has 1 aliphatic carbocycles. The van der Waals surface area contributed by atoms with E-state index in [-0.39, 0.29) is 29.9 Å². The fourth-order valence-corrected chi connectivity index (χ4v) is 4.63. The maximum atomic E-state index is 13.4. The van der Waals surface area contributed by atoms with Gasteiger partial charge in [0.15, 0.2) is 6.61 Å². The van der Waals surface area contributed by atoms with Crippen molar-refractivity contribution in [1.82, 2.24) is 10.2 Å². The first-order valence-corrected chi connectivity index (χ1v) is 13.1. The number of nitrogens with one attached hydrogen (secondary N) is 1. The van der Waals surface area contributed by atoms with Crippen LogP contribution in [0.25, 0.3) is 0 Å². The molecule has 5 nitrogen and oxygen atoms in total. The standard InChI is InChI=1S/C30H42N2O3/c1-6-27(29(34)31-25-10-8-7-9-11-25)32(20-23-14-12-22(2)13-15-23)28(33)21-35-26-18-16-24(17-19-26)30(3,4)5/h12-19,25,27H,6-11,20-21H2,1-5H3,(H,31,34). The fourth-order valence-electron chi connectivity index (χ4n) is 4.63.